The first-order valence-electron chi connectivity index (χ1n) is 10.1. The number of anilines is 1. The predicted octanol–water partition coefficient (Wildman–Crippen LogP) is 4.70. The van der Waals surface area contributed by atoms with Gasteiger partial charge in [-0.1, -0.05) is 18.2 Å². The molecule has 1 aliphatic rings. The smallest absolute Gasteiger partial charge is 0.335 e. The molecule has 176 valence electrons. The Balaban J connectivity index is 1.52. The quantitative estimate of drug-likeness (QED) is 0.260. The number of carboxylic acids is 1. The summed E-state index contributed by atoms with van der Waals surface area (Å²) < 4.78 is 19.7. The Labute approximate surface area is 212 Å². The van der Waals surface area contributed by atoms with Gasteiger partial charge in [0.15, 0.2) is 5.11 Å². The van der Waals surface area contributed by atoms with Crippen LogP contribution in [-0.2, 0) is 16.2 Å². The van der Waals surface area contributed by atoms with Crippen molar-refractivity contribution in [2.75, 3.05) is 4.90 Å². The van der Waals surface area contributed by atoms with Gasteiger partial charge in [0.1, 0.15) is 23.7 Å². The summed E-state index contributed by atoms with van der Waals surface area (Å²) >= 11 is 8.57. The average molecular weight is 555 g/mol. The van der Waals surface area contributed by atoms with Crippen molar-refractivity contribution in [3.8, 4) is 5.75 Å². The molecule has 0 aliphatic carbocycles. The number of carbonyl (C=O) groups excluding carboxylic acids is 2. The van der Waals surface area contributed by atoms with Gasteiger partial charge in [0.25, 0.3) is 11.8 Å². The number of carboxylic acid groups (broad SMARTS) is 1. The molecule has 3 aromatic rings. The molecule has 0 radical (unpaired) electrons. The van der Waals surface area contributed by atoms with Crippen molar-refractivity contribution >= 4 is 62.8 Å². The summed E-state index contributed by atoms with van der Waals surface area (Å²) in [5, 5.41) is 11.4. The topological polar surface area (TPSA) is 95.9 Å². The summed E-state index contributed by atoms with van der Waals surface area (Å²) in [6.45, 7) is 0.212. The second-order valence-electron chi connectivity index (χ2n) is 7.41. The lowest BCUT2D eigenvalue weighted by molar-refractivity contribution is -0.122. The van der Waals surface area contributed by atoms with Crippen LogP contribution >= 0.6 is 28.1 Å². The molecule has 1 heterocycles. The van der Waals surface area contributed by atoms with E-state index in [9.17, 15) is 18.8 Å². The van der Waals surface area contributed by atoms with Gasteiger partial charge in [-0.05, 0) is 93.9 Å². The summed E-state index contributed by atoms with van der Waals surface area (Å²) in [6, 6.07) is 16.6. The van der Waals surface area contributed by atoms with Crippen molar-refractivity contribution in [3.05, 3.63) is 99.3 Å². The number of halogens is 2. The zero-order chi connectivity index (χ0) is 25.1. The van der Waals surface area contributed by atoms with E-state index >= 15 is 0 Å². The summed E-state index contributed by atoms with van der Waals surface area (Å²) in [6.07, 6.45) is 1.43. The first-order chi connectivity index (χ1) is 16.7. The number of benzene rings is 3. The molecule has 4 rings (SSSR count). The second-order valence-corrected chi connectivity index (χ2v) is 8.66. The lowest BCUT2D eigenvalue weighted by atomic mass is 10.1. The lowest BCUT2D eigenvalue weighted by Gasteiger charge is -2.28. The van der Waals surface area contributed by atoms with Crippen molar-refractivity contribution < 1.29 is 28.6 Å². The number of thiocarbonyl (C=S) groups is 1. The fraction of sp³-hybridized carbons (Fsp3) is 0.0400. The average Bonchev–Trinajstić information content (AvgIpc) is 2.82. The molecule has 3 aromatic carbocycles. The fourth-order valence-corrected chi connectivity index (χ4v) is 4.07. The van der Waals surface area contributed by atoms with Crippen LogP contribution in [0.1, 0.15) is 21.5 Å². The van der Waals surface area contributed by atoms with Crippen LogP contribution in [0, 0.1) is 5.82 Å². The number of ether oxygens (including phenoxy) is 1. The normalized spacial score (nSPS) is 14.7. The van der Waals surface area contributed by atoms with Crippen LogP contribution in [0.25, 0.3) is 6.08 Å². The van der Waals surface area contributed by atoms with Crippen LogP contribution in [0.4, 0.5) is 10.1 Å². The van der Waals surface area contributed by atoms with Crippen LogP contribution < -0.4 is 15.0 Å². The third-order valence-electron chi connectivity index (χ3n) is 5.05. The molecule has 0 aromatic heterocycles. The molecule has 0 bridgehead atoms. The minimum Gasteiger partial charge on any atom is -0.488 e. The van der Waals surface area contributed by atoms with Gasteiger partial charge in [-0.15, -0.1) is 0 Å². The summed E-state index contributed by atoms with van der Waals surface area (Å²) in [7, 11) is 0. The number of nitrogens with zero attached hydrogens (tertiary/aromatic N) is 1. The number of amides is 2. The summed E-state index contributed by atoms with van der Waals surface area (Å²) in [5.74, 6) is -2.22. The van der Waals surface area contributed by atoms with Crippen LogP contribution in [0.2, 0.25) is 0 Å². The third kappa shape index (κ3) is 5.44. The van der Waals surface area contributed by atoms with Gasteiger partial charge in [0, 0.05) is 0 Å². The van der Waals surface area contributed by atoms with E-state index in [1.54, 1.807) is 30.3 Å². The van der Waals surface area contributed by atoms with E-state index in [0.717, 1.165) is 10.5 Å². The van der Waals surface area contributed by atoms with Crippen LogP contribution in [-0.4, -0.2) is 28.0 Å². The molecule has 2 N–H and O–H groups in total. The van der Waals surface area contributed by atoms with Gasteiger partial charge in [0.2, 0.25) is 0 Å². The van der Waals surface area contributed by atoms with E-state index in [-0.39, 0.29) is 22.9 Å². The molecule has 0 unspecified atom stereocenters. The Hall–Kier alpha value is -3.89. The highest BCUT2D eigenvalue weighted by Crippen LogP contribution is 2.29. The van der Waals surface area contributed by atoms with Crippen LogP contribution in [0.5, 0.6) is 5.75 Å². The standard InChI is InChI=1S/C25H16BrFN2O5S/c26-20-12-15(3-10-21(20)34-13-14-1-4-16(5-2-14)24(32)33)11-19-22(30)28-25(35)29(23(19)31)18-8-6-17(27)7-9-18/h1-12H,13H2,(H,32,33)(H,28,30,35)/b19-11+. The maximum Gasteiger partial charge on any atom is 0.335 e. The summed E-state index contributed by atoms with van der Waals surface area (Å²) in [4.78, 5) is 37.6. The molecule has 0 spiro atoms. The van der Waals surface area contributed by atoms with E-state index in [4.69, 9.17) is 22.1 Å². The lowest BCUT2D eigenvalue weighted by Crippen LogP contribution is -2.54. The number of hydrogen-bond donors (Lipinski definition) is 2. The Kier molecular flexibility index (Phi) is 7.04. The van der Waals surface area contributed by atoms with Gasteiger partial charge in [0.05, 0.1) is 15.7 Å². The Bertz CT molecular complexity index is 1370. The summed E-state index contributed by atoms with van der Waals surface area (Å²) in [5.41, 5.74) is 1.72. The minimum atomic E-state index is -1.00. The van der Waals surface area contributed by atoms with Gasteiger partial charge in [-0.3, -0.25) is 19.8 Å². The third-order valence-corrected chi connectivity index (χ3v) is 5.95. The Morgan fingerprint density at radius 3 is 2.40 bits per heavy atom. The monoisotopic (exact) mass is 554 g/mol. The molecule has 1 fully saturated rings. The Morgan fingerprint density at radius 2 is 1.77 bits per heavy atom. The maximum absolute atomic E-state index is 13.3. The van der Waals surface area contributed by atoms with E-state index in [1.165, 1.54) is 42.5 Å². The van der Waals surface area contributed by atoms with E-state index in [2.05, 4.69) is 21.2 Å². The van der Waals surface area contributed by atoms with E-state index in [1.807, 2.05) is 0 Å². The fourth-order valence-electron chi connectivity index (χ4n) is 3.28. The molecule has 1 saturated heterocycles. The van der Waals surface area contributed by atoms with Gasteiger partial charge in [-0.25, -0.2) is 9.18 Å². The highest BCUT2D eigenvalue weighted by atomic mass is 79.9. The molecule has 0 saturated carbocycles. The Morgan fingerprint density at radius 1 is 1.09 bits per heavy atom. The molecule has 2 amide bonds. The van der Waals surface area contributed by atoms with Crippen molar-refractivity contribution in [2.24, 2.45) is 0 Å². The molecule has 0 atom stereocenters. The van der Waals surface area contributed by atoms with E-state index < -0.39 is 23.6 Å². The largest absolute Gasteiger partial charge is 0.488 e. The van der Waals surface area contributed by atoms with Crippen molar-refractivity contribution in [3.63, 3.8) is 0 Å². The zero-order valence-electron chi connectivity index (χ0n) is 17.8. The first kappa shape index (κ1) is 24.2. The van der Waals surface area contributed by atoms with Crippen molar-refractivity contribution in [2.45, 2.75) is 6.61 Å². The molecule has 10 heteroatoms. The van der Waals surface area contributed by atoms with Crippen LogP contribution in [0.3, 0.4) is 0 Å². The highest BCUT2D eigenvalue weighted by Gasteiger charge is 2.34. The molecule has 7 nitrogen and oxygen atoms in total. The minimum absolute atomic E-state index is 0.0925. The molecule has 35 heavy (non-hydrogen) atoms. The predicted molar refractivity (Wildman–Crippen MR) is 134 cm³/mol. The maximum atomic E-state index is 13.3. The second kappa shape index (κ2) is 10.2. The van der Waals surface area contributed by atoms with Crippen LogP contribution in [0.15, 0.2) is 76.8 Å². The van der Waals surface area contributed by atoms with E-state index in [0.29, 0.717) is 21.5 Å². The van der Waals surface area contributed by atoms with Gasteiger partial charge < -0.3 is 9.84 Å². The highest BCUT2D eigenvalue weighted by molar-refractivity contribution is 9.10. The number of nitrogens with one attached hydrogen (secondary N) is 1. The van der Waals surface area contributed by atoms with Crippen molar-refractivity contribution in [1.29, 1.82) is 0 Å². The SMILES string of the molecule is O=C1NC(=S)N(c2ccc(F)cc2)C(=O)/C1=C/c1ccc(OCc2ccc(C(=O)O)cc2)c(Br)c1. The molecule has 1 aliphatic heterocycles. The van der Waals surface area contributed by atoms with Crippen molar-refractivity contribution in [1.82, 2.24) is 5.32 Å². The zero-order valence-corrected chi connectivity index (χ0v) is 20.2. The molecular formula is C25H16BrFN2O5S. The number of hydrogen-bond acceptors (Lipinski definition) is 5. The number of carbonyl (C=O) groups is 3. The number of aromatic carboxylic acids is 1. The number of rotatable bonds is 6. The first-order valence-corrected chi connectivity index (χ1v) is 11.3. The van der Waals surface area contributed by atoms with Gasteiger partial charge >= 0.3 is 5.97 Å². The van der Waals surface area contributed by atoms with Gasteiger partial charge in [-0.2, -0.15) is 0 Å². The molecular weight excluding hydrogens is 539 g/mol.